The summed E-state index contributed by atoms with van der Waals surface area (Å²) in [7, 11) is 1.60. The standard InChI is InChI=1S/C20H23ClN2O2/c1-3-18(14-6-8-17(21)9-7-14)19(24)22-12-16-10-15(13-4-5-13)11-23-20(16)25-2/h6-11,13,18H,3-5,12H2,1-2H3,(H,22,24). The van der Waals surface area contributed by atoms with Crippen LogP contribution in [0.15, 0.2) is 36.5 Å². The molecule has 1 atom stereocenters. The Morgan fingerprint density at radius 1 is 1.36 bits per heavy atom. The Labute approximate surface area is 153 Å². The normalized spacial score (nSPS) is 14.8. The number of halogens is 1. The Hall–Kier alpha value is -2.07. The molecule has 1 N–H and O–H groups in total. The first-order chi connectivity index (χ1) is 12.1. The molecule has 1 aromatic carbocycles. The van der Waals surface area contributed by atoms with Crippen molar-refractivity contribution in [2.45, 2.75) is 44.6 Å². The van der Waals surface area contributed by atoms with Gasteiger partial charge in [-0.25, -0.2) is 4.98 Å². The van der Waals surface area contributed by atoms with Gasteiger partial charge in [0, 0.05) is 23.3 Å². The van der Waals surface area contributed by atoms with Crippen LogP contribution >= 0.6 is 11.6 Å². The third-order valence-corrected chi connectivity index (χ3v) is 4.89. The molecule has 0 spiro atoms. The van der Waals surface area contributed by atoms with Gasteiger partial charge in [-0.15, -0.1) is 0 Å². The molecule has 5 heteroatoms. The molecule has 2 aromatic rings. The number of rotatable bonds is 7. The number of ether oxygens (including phenoxy) is 1. The van der Waals surface area contributed by atoms with Gasteiger partial charge in [0.05, 0.1) is 13.0 Å². The van der Waals surface area contributed by atoms with E-state index in [0.717, 1.165) is 17.5 Å². The summed E-state index contributed by atoms with van der Waals surface area (Å²) >= 11 is 5.94. The lowest BCUT2D eigenvalue weighted by Crippen LogP contribution is -2.29. The van der Waals surface area contributed by atoms with Crippen LogP contribution in [0.2, 0.25) is 5.02 Å². The summed E-state index contributed by atoms with van der Waals surface area (Å²) in [5.41, 5.74) is 3.13. The molecule has 0 radical (unpaired) electrons. The number of aromatic nitrogens is 1. The van der Waals surface area contributed by atoms with Crippen LogP contribution in [0.4, 0.5) is 0 Å². The minimum atomic E-state index is -0.192. The average Bonchev–Trinajstić information content (AvgIpc) is 3.47. The van der Waals surface area contributed by atoms with E-state index in [4.69, 9.17) is 16.3 Å². The van der Waals surface area contributed by atoms with Gasteiger partial charge in [0.15, 0.2) is 0 Å². The van der Waals surface area contributed by atoms with Crippen molar-refractivity contribution in [2.75, 3.05) is 7.11 Å². The van der Waals surface area contributed by atoms with Crippen molar-refractivity contribution in [3.8, 4) is 5.88 Å². The number of pyridine rings is 1. The monoisotopic (exact) mass is 358 g/mol. The summed E-state index contributed by atoms with van der Waals surface area (Å²) in [6.45, 7) is 2.42. The van der Waals surface area contributed by atoms with Crippen LogP contribution in [-0.4, -0.2) is 18.0 Å². The third kappa shape index (κ3) is 4.31. The molecule has 1 fully saturated rings. The first-order valence-electron chi connectivity index (χ1n) is 8.68. The number of benzene rings is 1. The van der Waals surface area contributed by atoms with Gasteiger partial charge < -0.3 is 10.1 Å². The molecule has 0 aliphatic heterocycles. The van der Waals surface area contributed by atoms with Gasteiger partial charge in [0.25, 0.3) is 0 Å². The molecule has 132 valence electrons. The van der Waals surface area contributed by atoms with Crippen molar-refractivity contribution in [3.05, 3.63) is 58.2 Å². The van der Waals surface area contributed by atoms with Crippen molar-refractivity contribution < 1.29 is 9.53 Å². The van der Waals surface area contributed by atoms with E-state index in [-0.39, 0.29) is 11.8 Å². The first-order valence-corrected chi connectivity index (χ1v) is 9.06. The van der Waals surface area contributed by atoms with E-state index in [1.54, 1.807) is 7.11 Å². The lowest BCUT2D eigenvalue weighted by molar-refractivity contribution is -0.122. The second kappa shape index (κ2) is 7.87. The summed E-state index contributed by atoms with van der Waals surface area (Å²) in [4.78, 5) is 17.0. The SMILES string of the molecule is CCC(C(=O)NCc1cc(C2CC2)cnc1OC)c1ccc(Cl)cc1. The highest BCUT2D eigenvalue weighted by molar-refractivity contribution is 6.30. The number of methoxy groups -OCH3 is 1. The second-order valence-corrected chi connectivity index (χ2v) is 6.88. The topological polar surface area (TPSA) is 51.2 Å². The number of nitrogens with one attached hydrogen (secondary N) is 1. The van der Waals surface area contributed by atoms with Crippen LogP contribution in [0, 0.1) is 0 Å². The van der Waals surface area contributed by atoms with Crippen LogP contribution < -0.4 is 10.1 Å². The Morgan fingerprint density at radius 3 is 2.68 bits per heavy atom. The lowest BCUT2D eigenvalue weighted by atomic mass is 9.95. The van der Waals surface area contributed by atoms with E-state index in [1.807, 2.05) is 37.4 Å². The zero-order valence-electron chi connectivity index (χ0n) is 14.6. The Morgan fingerprint density at radius 2 is 2.08 bits per heavy atom. The maximum atomic E-state index is 12.7. The van der Waals surface area contributed by atoms with Gasteiger partial charge in [-0.2, -0.15) is 0 Å². The van der Waals surface area contributed by atoms with Crippen molar-refractivity contribution >= 4 is 17.5 Å². The lowest BCUT2D eigenvalue weighted by Gasteiger charge is -2.16. The van der Waals surface area contributed by atoms with Crippen LogP contribution in [0.5, 0.6) is 5.88 Å². The number of hydrogen-bond donors (Lipinski definition) is 1. The average molecular weight is 359 g/mol. The molecule has 1 aromatic heterocycles. The maximum Gasteiger partial charge on any atom is 0.227 e. The molecule has 3 rings (SSSR count). The molecule has 1 unspecified atom stereocenters. The van der Waals surface area contributed by atoms with E-state index >= 15 is 0 Å². The second-order valence-electron chi connectivity index (χ2n) is 6.44. The molecular weight excluding hydrogens is 336 g/mol. The summed E-state index contributed by atoms with van der Waals surface area (Å²) in [5.74, 6) is 1.00. The number of carbonyl (C=O) groups excluding carboxylic acids is 1. The summed E-state index contributed by atoms with van der Waals surface area (Å²) in [5, 5.41) is 3.71. The molecule has 0 saturated heterocycles. The molecule has 0 bridgehead atoms. The van der Waals surface area contributed by atoms with Crippen LogP contribution in [0.1, 0.15) is 54.7 Å². The van der Waals surface area contributed by atoms with E-state index in [9.17, 15) is 4.79 Å². The largest absolute Gasteiger partial charge is 0.481 e. The van der Waals surface area contributed by atoms with E-state index in [0.29, 0.717) is 23.4 Å². The molecule has 4 nitrogen and oxygen atoms in total. The molecule has 1 amide bonds. The van der Waals surface area contributed by atoms with Crippen LogP contribution in [0.25, 0.3) is 0 Å². The highest BCUT2D eigenvalue weighted by atomic mass is 35.5. The number of nitrogens with zero attached hydrogens (tertiary/aromatic N) is 1. The first kappa shape index (κ1) is 17.7. The fraction of sp³-hybridized carbons (Fsp3) is 0.400. The predicted molar refractivity (Wildman–Crippen MR) is 99.1 cm³/mol. The minimum absolute atomic E-state index is 0.00343. The van der Waals surface area contributed by atoms with E-state index in [1.165, 1.54) is 18.4 Å². The van der Waals surface area contributed by atoms with Gasteiger partial charge in [-0.1, -0.05) is 30.7 Å². The molecule has 25 heavy (non-hydrogen) atoms. The van der Waals surface area contributed by atoms with Crippen molar-refractivity contribution in [2.24, 2.45) is 0 Å². The molecule has 1 saturated carbocycles. The van der Waals surface area contributed by atoms with Crippen molar-refractivity contribution in [1.82, 2.24) is 10.3 Å². The summed E-state index contributed by atoms with van der Waals surface area (Å²) in [6, 6.07) is 9.56. The Balaban J connectivity index is 1.70. The minimum Gasteiger partial charge on any atom is -0.481 e. The fourth-order valence-electron chi connectivity index (χ4n) is 3.04. The number of amides is 1. The van der Waals surface area contributed by atoms with Crippen LogP contribution in [0.3, 0.4) is 0 Å². The zero-order chi connectivity index (χ0) is 17.8. The van der Waals surface area contributed by atoms with Gasteiger partial charge in [0.2, 0.25) is 11.8 Å². The maximum absolute atomic E-state index is 12.7. The molecule has 1 aliphatic rings. The zero-order valence-corrected chi connectivity index (χ0v) is 15.3. The van der Waals surface area contributed by atoms with E-state index in [2.05, 4.69) is 16.4 Å². The summed E-state index contributed by atoms with van der Waals surface area (Å²) < 4.78 is 5.34. The Bertz CT molecular complexity index is 742. The van der Waals surface area contributed by atoms with Crippen LogP contribution in [-0.2, 0) is 11.3 Å². The predicted octanol–water partition coefficient (Wildman–Crippen LogP) is 4.43. The molecular formula is C20H23ClN2O2. The fourth-order valence-corrected chi connectivity index (χ4v) is 3.17. The highest BCUT2D eigenvalue weighted by Crippen LogP contribution is 2.40. The van der Waals surface area contributed by atoms with Gasteiger partial charge >= 0.3 is 0 Å². The van der Waals surface area contributed by atoms with Gasteiger partial charge in [-0.3, -0.25) is 4.79 Å². The number of carbonyl (C=O) groups is 1. The summed E-state index contributed by atoms with van der Waals surface area (Å²) in [6.07, 6.45) is 5.04. The van der Waals surface area contributed by atoms with Gasteiger partial charge in [-0.05, 0) is 54.5 Å². The van der Waals surface area contributed by atoms with E-state index < -0.39 is 0 Å². The number of hydrogen-bond acceptors (Lipinski definition) is 3. The third-order valence-electron chi connectivity index (χ3n) is 4.64. The van der Waals surface area contributed by atoms with Crippen molar-refractivity contribution in [1.29, 1.82) is 0 Å². The molecule has 1 heterocycles. The smallest absolute Gasteiger partial charge is 0.227 e. The van der Waals surface area contributed by atoms with Gasteiger partial charge in [0.1, 0.15) is 0 Å². The highest BCUT2D eigenvalue weighted by Gasteiger charge is 2.25. The van der Waals surface area contributed by atoms with Crippen molar-refractivity contribution in [3.63, 3.8) is 0 Å². The molecule has 1 aliphatic carbocycles. The Kier molecular flexibility index (Phi) is 5.59. The quantitative estimate of drug-likeness (QED) is 0.796.